The maximum Gasteiger partial charge on any atom is 0.250 e. The summed E-state index contributed by atoms with van der Waals surface area (Å²) >= 11 is 0. The van der Waals surface area contributed by atoms with Gasteiger partial charge in [0.2, 0.25) is 0 Å². The normalized spacial score (nSPS) is 11.4. The number of carbonyl (C=O) groups is 1. The van der Waals surface area contributed by atoms with Gasteiger partial charge in [-0.3, -0.25) is 4.79 Å². The fourth-order valence-electron chi connectivity index (χ4n) is 1.26. The van der Waals surface area contributed by atoms with Crippen LogP contribution in [0, 0.1) is 0 Å². The number of carbonyl (C=O) groups excluding carboxylic acids is 1. The van der Waals surface area contributed by atoms with Gasteiger partial charge in [0, 0.05) is 6.20 Å². The zero-order valence-electron chi connectivity index (χ0n) is 8.32. The van der Waals surface area contributed by atoms with Crippen LogP contribution < -0.4 is 5.73 Å². The van der Waals surface area contributed by atoms with Gasteiger partial charge in [0.1, 0.15) is 6.33 Å². The maximum absolute atomic E-state index is 11.3. The SMILES string of the molecule is NC(=O)C(=Cn1cnnn1)c1ccccc1. The molecule has 0 bridgehead atoms. The van der Waals surface area contributed by atoms with Gasteiger partial charge in [-0.25, -0.2) is 4.68 Å². The predicted molar refractivity (Wildman–Crippen MR) is 57.6 cm³/mol. The van der Waals surface area contributed by atoms with Crippen molar-refractivity contribution in [1.82, 2.24) is 20.2 Å². The molecule has 6 heteroatoms. The molecule has 80 valence electrons. The highest BCUT2D eigenvalue weighted by atomic mass is 16.1. The molecule has 0 saturated carbocycles. The monoisotopic (exact) mass is 215 g/mol. The van der Waals surface area contributed by atoms with Gasteiger partial charge in [0.25, 0.3) is 5.91 Å². The lowest BCUT2D eigenvalue weighted by atomic mass is 10.1. The number of benzene rings is 1. The Morgan fingerprint density at radius 1 is 1.31 bits per heavy atom. The molecule has 0 fully saturated rings. The minimum Gasteiger partial charge on any atom is -0.366 e. The van der Waals surface area contributed by atoms with E-state index in [-0.39, 0.29) is 0 Å². The van der Waals surface area contributed by atoms with Crippen LogP contribution in [0.4, 0.5) is 0 Å². The molecule has 0 aliphatic carbocycles. The Morgan fingerprint density at radius 3 is 2.62 bits per heavy atom. The molecule has 0 unspecified atom stereocenters. The van der Waals surface area contributed by atoms with Crippen molar-refractivity contribution in [3.05, 3.63) is 42.2 Å². The summed E-state index contributed by atoms with van der Waals surface area (Å²) in [5.74, 6) is -0.526. The summed E-state index contributed by atoms with van der Waals surface area (Å²) < 4.78 is 1.33. The molecule has 0 aliphatic rings. The summed E-state index contributed by atoms with van der Waals surface area (Å²) in [6, 6.07) is 9.10. The van der Waals surface area contributed by atoms with Crippen molar-refractivity contribution in [2.75, 3.05) is 0 Å². The van der Waals surface area contributed by atoms with Gasteiger partial charge in [-0.05, 0) is 16.0 Å². The van der Waals surface area contributed by atoms with Crippen LogP contribution in [0.3, 0.4) is 0 Å². The van der Waals surface area contributed by atoms with E-state index in [1.807, 2.05) is 18.2 Å². The first kappa shape index (κ1) is 10.0. The molecule has 1 aromatic carbocycles. The molecular weight excluding hydrogens is 206 g/mol. The molecule has 2 aromatic rings. The van der Waals surface area contributed by atoms with Crippen LogP contribution >= 0.6 is 0 Å². The van der Waals surface area contributed by atoms with Gasteiger partial charge in [0.15, 0.2) is 0 Å². The van der Waals surface area contributed by atoms with Gasteiger partial charge in [-0.1, -0.05) is 30.3 Å². The number of amides is 1. The fourth-order valence-corrected chi connectivity index (χ4v) is 1.26. The molecule has 1 aromatic heterocycles. The third kappa shape index (κ3) is 2.11. The van der Waals surface area contributed by atoms with Crippen LogP contribution in [0.2, 0.25) is 0 Å². The van der Waals surface area contributed by atoms with E-state index in [0.717, 1.165) is 5.56 Å². The topological polar surface area (TPSA) is 86.7 Å². The van der Waals surface area contributed by atoms with Crippen molar-refractivity contribution in [3.63, 3.8) is 0 Å². The Morgan fingerprint density at radius 2 is 2.06 bits per heavy atom. The highest BCUT2D eigenvalue weighted by molar-refractivity contribution is 6.22. The second kappa shape index (κ2) is 4.35. The van der Waals surface area contributed by atoms with E-state index >= 15 is 0 Å². The van der Waals surface area contributed by atoms with Crippen molar-refractivity contribution < 1.29 is 4.79 Å². The van der Waals surface area contributed by atoms with E-state index < -0.39 is 5.91 Å². The van der Waals surface area contributed by atoms with E-state index in [0.29, 0.717) is 5.57 Å². The third-order valence-electron chi connectivity index (χ3n) is 1.98. The van der Waals surface area contributed by atoms with Crippen molar-refractivity contribution >= 4 is 17.7 Å². The van der Waals surface area contributed by atoms with Crippen LogP contribution in [-0.2, 0) is 4.79 Å². The summed E-state index contributed by atoms with van der Waals surface area (Å²) in [7, 11) is 0. The van der Waals surface area contributed by atoms with Crippen LogP contribution in [0.1, 0.15) is 5.56 Å². The van der Waals surface area contributed by atoms with Crippen LogP contribution in [-0.4, -0.2) is 26.1 Å². The summed E-state index contributed by atoms with van der Waals surface area (Å²) in [6.45, 7) is 0. The molecular formula is C10H9N5O. The quantitative estimate of drug-likeness (QED) is 0.738. The van der Waals surface area contributed by atoms with E-state index in [4.69, 9.17) is 5.73 Å². The number of hydrogen-bond donors (Lipinski definition) is 1. The maximum atomic E-state index is 11.3. The van der Waals surface area contributed by atoms with Gasteiger partial charge in [-0.15, -0.1) is 5.10 Å². The average Bonchev–Trinajstić information content (AvgIpc) is 2.79. The number of aromatic nitrogens is 4. The van der Waals surface area contributed by atoms with Gasteiger partial charge in [-0.2, -0.15) is 0 Å². The number of rotatable bonds is 3. The van der Waals surface area contributed by atoms with E-state index in [1.54, 1.807) is 12.1 Å². The third-order valence-corrected chi connectivity index (χ3v) is 1.98. The first-order valence-electron chi connectivity index (χ1n) is 4.57. The second-order valence-electron chi connectivity index (χ2n) is 3.06. The smallest absolute Gasteiger partial charge is 0.250 e. The second-order valence-corrected chi connectivity index (χ2v) is 3.06. The lowest BCUT2D eigenvalue weighted by molar-refractivity contribution is -0.112. The number of primary amides is 1. The number of nitrogens with two attached hydrogens (primary N) is 1. The Kier molecular flexibility index (Phi) is 2.73. The lowest BCUT2D eigenvalue weighted by Crippen LogP contribution is -2.13. The number of hydrogen-bond acceptors (Lipinski definition) is 4. The number of tetrazole rings is 1. The Bertz CT molecular complexity index is 503. The van der Waals surface area contributed by atoms with Crippen LogP contribution in [0.15, 0.2) is 36.7 Å². The van der Waals surface area contributed by atoms with Gasteiger partial charge >= 0.3 is 0 Å². The van der Waals surface area contributed by atoms with E-state index in [9.17, 15) is 4.79 Å². The Hall–Kier alpha value is -2.50. The molecule has 0 atom stereocenters. The first-order valence-corrected chi connectivity index (χ1v) is 4.57. The predicted octanol–water partition coefficient (Wildman–Crippen LogP) is 0.156. The molecule has 0 radical (unpaired) electrons. The van der Waals surface area contributed by atoms with Gasteiger partial charge < -0.3 is 5.73 Å². The minimum absolute atomic E-state index is 0.355. The molecule has 1 heterocycles. The molecule has 0 saturated heterocycles. The van der Waals surface area contributed by atoms with Crippen molar-refractivity contribution in [2.24, 2.45) is 5.73 Å². The zero-order valence-corrected chi connectivity index (χ0v) is 8.32. The van der Waals surface area contributed by atoms with E-state index in [1.165, 1.54) is 17.2 Å². The van der Waals surface area contributed by atoms with Gasteiger partial charge in [0.05, 0.1) is 5.57 Å². The molecule has 2 N–H and O–H groups in total. The molecule has 6 nitrogen and oxygen atoms in total. The summed E-state index contributed by atoms with van der Waals surface area (Å²) in [5, 5.41) is 10.6. The Balaban J connectivity index is 2.43. The summed E-state index contributed by atoms with van der Waals surface area (Å²) in [6.07, 6.45) is 2.86. The fraction of sp³-hybridized carbons (Fsp3) is 0. The highest BCUT2D eigenvalue weighted by Crippen LogP contribution is 2.13. The molecule has 0 spiro atoms. The molecule has 0 aliphatic heterocycles. The zero-order chi connectivity index (χ0) is 11.4. The molecule has 1 amide bonds. The van der Waals surface area contributed by atoms with Crippen molar-refractivity contribution in [2.45, 2.75) is 0 Å². The minimum atomic E-state index is -0.526. The first-order chi connectivity index (χ1) is 7.77. The highest BCUT2D eigenvalue weighted by Gasteiger charge is 2.07. The lowest BCUT2D eigenvalue weighted by Gasteiger charge is -2.02. The summed E-state index contributed by atoms with van der Waals surface area (Å²) in [5.41, 5.74) is 6.38. The van der Waals surface area contributed by atoms with Crippen LogP contribution in [0.5, 0.6) is 0 Å². The molecule has 16 heavy (non-hydrogen) atoms. The Labute approximate surface area is 91.4 Å². The standard InChI is InChI=1S/C10H9N5O/c11-10(16)9(6-15-7-12-13-14-15)8-4-2-1-3-5-8/h1-7H,(H2,11,16). The largest absolute Gasteiger partial charge is 0.366 e. The molecule has 2 rings (SSSR count). The average molecular weight is 215 g/mol. The van der Waals surface area contributed by atoms with Crippen molar-refractivity contribution in [3.8, 4) is 0 Å². The van der Waals surface area contributed by atoms with E-state index in [2.05, 4.69) is 15.5 Å². The van der Waals surface area contributed by atoms with Crippen molar-refractivity contribution in [1.29, 1.82) is 0 Å². The summed E-state index contributed by atoms with van der Waals surface area (Å²) in [4.78, 5) is 11.3. The number of nitrogens with zero attached hydrogens (tertiary/aromatic N) is 4. The van der Waals surface area contributed by atoms with Crippen LogP contribution in [0.25, 0.3) is 11.8 Å².